The molecule has 0 aliphatic carbocycles. The third kappa shape index (κ3) is 2.58. The first-order valence-electron chi connectivity index (χ1n) is 4.73. The van der Waals surface area contributed by atoms with Crippen molar-refractivity contribution in [3.63, 3.8) is 0 Å². The van der Waals surface area contributed by atoms with Crippen LogP contribution in [0.1, 0.15) is 27.7 Å². The Hall–Kier alpha value is -0.280. The average Bonchev–Trinajstić information content (AvgIpc) is 2.04. The van der Waals surface area contributed by atoms with Gasteiger partial charge in [-0.05, 0) is 39.3 Å². The first kappa shape index (κ1) is 10.8. The molecule has 0 atom stereocenters. The maximum atomic E-state index is 6.00. The number of halogens is 1. The average molecular weight is 204 g/mol. The molecular formula is C9H18ClN3. The van der Waals surface area contributed by atoms with Crippen LogP contribution in [0.2, 0.25) is 0 Å². The lowest BCUT2D eigenvalue weighted by Gasteiger charge is -2.38. The van der Waals surface area contributed by atoms with Gasteiger partial charge in [0.1, 0.15) is 0 Å². The maximum absolute atomic E-state index is 6.00. The van der Waals surface area contributed by atoms with Crippen LogP contribution in [0.4, 0.5) is 0 Å². The molecule has 1 heterocycles. The van der Waals surface area contributed by atoms with Crippen molar-refractivity contribution in [2.24, 2.45) is 4.99 Å². The summed E-state index contributed by atoms with van der Waals surface area (Å²) in [5.74, 6) is 0. The van der Waals surface area contributed by atoms with Gasteiger partial charge in [0.15, 0.2) is 5.29 Å². The van der Waals surface area contributed by atoms with Crippen LogP contribution in [-0.2, 0) is 0 Å². The molecule has 76 valence electrons. The summed E-state index contributed by atoms with van der Waals surface area (Å²) >= 11 is 6.00. The Labute approximate surface area is 85.4 Å². The highest BCUT2D eigenvalue weighted by Crippen LogP contribution is 2.13. The summed E-state index contributed by atoms with van der Waals surface area (Å²) in [7, 11) is 0. The van der Waals surface area contributed by atoms with Gasteiger partial charge in [0.2, 0.25) is 0 Å². The molecule has 4 heteroatoms. The number of aliphatic imine (C=N–C) groups is 1. The van der Waals surface area contributed by atoms with Gasteiger partial charge in [0.05, 0.1) is 13.3 Å². The smallest absolute Gasteiger partial charge is 0.196 e. The Bertz CT molecular complexity index is 201. The van der Waals surface area contributed by atoms with Gasteiger partial charge in [-0.3, -0.25) is 4.90 Å². The maximum Gasteiger partial charge on any atom is 0.196 e. The molecule has 0 saturated heterocycles. The zero-order valence-electron chi connectivity index (χ0n) is 8.79. The summed E-state index contributed by atoms with van der Waals surface area (Å²) in [6.07, 6.45) is 0. The Morgan fingerprint density at radius 2 is 1.85 bits per heavy atom. The van der Waals surface area contributed by atoms with Crippen molar-refractivity contribution in [1.29, 1.82) is 0 Å². The number of hydrogen-bond acceptors (Lipinski definition) is 3. The number of amidine groups is 1. The van der Waals surface area contributed by atoms with Crippen LogP contribution in [0.25, 0.3) is 0 Å². The van der Waals surface area contributed by atoms with E-state index in [4.69, 9.17) is 11.6 Å². The van der Waals surface area contributed by atoms with E-state index in [0.29, 0.717) is 17.4 Å². The summed E-state index contributed by atoms with van der Waals surface area (Å²) in [5.41, 5.74) is 0. The molecule has 1 aliphatic rings. The van der Waals surface area contributed by atoms with Gasteiger partial charge in [0, 0.05) is 12.1 Å². The second-order valence-corrected chi connectivity index (χ2v) is 4.29. The summed E-state index contributed by atoms with van der Waals surface area (Å²) in [5, 5.41) is 0.645. The van der Waals surface area contributed by atoms with Gasteiger partial charge in [0.25, 0.3) is 0 Å². The summed E-state index contributed by atoms with van der Waals surface area (Å²) in [6, 6.07) is 0.938. The minimum Gasteiger partial charge on any atom is -0.332 e. The Morgan fingerprint density at radius 3 is 2.31 bits per heavy atom. The van der Waals surface area contributed by atoms with Crippen LogP contribution in [0, 0.1) is 0 Å². The van der Waals surface area contributed by atoms with Crippen molar-refractivity contribution in [3.05, 3.63) is 0 Å². The zero-order valence-corrected chi connectivity index (χ0v) is 9.54. The standard InChI is InChI=1S/C9H18ClN3/c1-7(2)12-5-11-9(10)13(6-12)8(3)4/h7-8H,5-6H2,1-4H3. The fourth-order valence-electron chi connectivity index (χ4n) is 1.24. The van der Waals surface area contributed by atoms with Crippen LogP contribution < -0.4 is 0 Å². The van der Waals surface area contributed by atoms with Gasteiger partial charge in [-0.15, -0.1) is 0 Å². The monoisotopic (exact) mass is 203 g/mol. The Balaban J connectivity index is 2.66. The van der Waals surface area contributed by atoms with E-state index in [-0.39, 0.29) is 0 Å². The Kier molecular flexibility index (Phi) is 3.56. The molecule has 1 aliphatic heterocycles. The largest absolute Gasteiger partial charge is 0.332 e. The fraction of sp³-hybridized carbons (Fsp3) is 0.889. The third-order valence-corrected chi connectivity index (χ3v) is 2.64. The van der Waals surface area contributed by atoms with Crippen molar-refractivity contribution in [2.75, 3.05) is 13.3 Å². The number of hydrogen-bond donors (Lipinski definition) is 0. The minimum atomic E-state index is 0.415. The predicted octanol–water partition coefficient (Wildman–Crippen LogP) is 1.93. The molecular weight excluding hydrogens is 186 g/mol. The second kappa shape index (κ2) is 4.29. The molecule has 0 bridgehead atoms. The van der Waals surface area contributed by atoms with Crippen molar-refractivity contribution in [1.82, 2.24) is 9.80 Å². The first-order chi connectivity index (χ1) is 6.02. The highest BCUT2D eigenvalue weighted by Gasteiger charge is 2.22. The lowest BCUT2D eigenvalue weighted by molar-refractivity contribution is 0.124. The van der Waals surface area contributed by atoms with Gasteiger partial charge >= 0.3 is 0 Å². The molecule has 0 amide bonds. The van der Waals surface area contributed by atoms with Crippen molar-refractivity contribution in [3.8, 4) is 0 Å². The van der Waals surface area contributed by atoms with Gasteiger partial charge in [-0.2, -0.15) is 0 Å². The SMILES string of the molecule is CC(C)N1CN=C(Cl)N(C(C)C)C1. The molecule has 0 saturated carbocycles. The lowest BCUT2D eigenvalue weighted by atomic mass is 10.3. The van der Waals surface area contributed by atoms with Gasteiger partial charge < -0.3 is 4.90 Å². The van der Waals surface area contributed by atoms with E-state index in [9.17, 15) is 0 Å². The molecule has 0 aromatic rings. The molecule has 1 rings (SSSR count). The number of nitrogens with zero attached hydrogens (tertiary/aromatic N) is 3. The minimum absolute atomic E-state index is 0.415. The van der Waals surface area contributed by atoms with E-state index in [1.807, 2.05) is 0 Å². The van der Waals surface area contributed by atoms with Crippen LogP contribution in [-0.4, -0.2) is 40.5 Å². The normalized spacial score (nSPS) is 19.9. The molecule has 3 nitrogen and oxygen atoms in total. The van der Waals surface area contributed by atoms with Crippen LogP contribution in [0.5, 0.6) is 0 Å². The van der Waals surface area contributed by atoms with Crippen molar-refractivity contribution in [2.45, 2.75) is 39.8 Å². The van der Waals surface area contributed by atoms with Crippen LogP contribution >= 0.6 is 11.6 Å². The first-order valence-corrected chi connectivity index (χ1v) is 5.10. The van der Waals surface area contributed by atoms with E-state index in [0.717, 1.165) is 13.3 Å². The second-order valence-electron chi connectivity index (χ2n) is 3.96. The zero-order chi connectivity index (χ0) is 10.0. The van der Waals surface area contributed by atoms with Crippen molar-refractivity contribution < 1.29 is 0 Å². The van der Waals surface area contributed by atoms with E-state index >= 15 is 0 Å². The molecule has 0 N–H and O–H groups in total. The predicted molar refractivity (Wildman–Crippen MR) is 57.0 cm³/mol. The van der Waals surface area contributed by atoms with Crippen LogP contribution in [0.3, 0.4) is 0 Å². The molecule has 0 unspecified atom stereocenters. The van der Waals surface area contributed by atoms with Crippen LogP contribution in [0.15, 0.2) is 4.99 Å². The highest BCUT2D eigenvalue weighted by atomic mass is 35.5. The van der Waals surface area contributed by atoms with Gasteiger partial charge in [-0.25, -0.2) is 4.99 Å². The number of rotatable bonds is 2. The fourth-order valence-corrected chi connectivity index (χ4v) is 1.54. The van der Waals surface area contributed by atoms with E-state index < -0.39 is 0 Å². The topological polar surface area (TPSA) is 18.8 Å². The highest BCUT2D eigenvalue weighted by molar-refractivity contribution is 6.64. The summed E-state index contributed by atoms with van der Waals surface area (Å²) in [4.78, 5) is 8.66. The molecule has 0 spiro atoms. The van der Waals surface area contributed by atoms with E-state index in [1.165, 1.54) is 0 Å². The molecule has 13 heavy (non-hydrogen) atoms. The van der Waals surface area contributed by atoms with Gasteiger partial charge in [-0.1, -0.05) is 0 Å². The molecule has 0 aromatic heterocycles. The lowest BCUT2D eigenvalue weighted by Crippen LogP contribution is -2.49. The summed E-state index contributed by atoms with van der Waals surface area (Å²) in [6.45, 7) is 10.2. The molecule has 0 radical (unpaired) electrons. The third-order valence-electron chi connectivity index (χ3n) is 2.31. The van der Waals surface area contributed by atoms with Crippen molar-refractivity contribution >= 4 is 16.9 Å². The Morgan fingerprint density at radius 1 is 1.23 bits per heavy atom. The molecule has 0 fully saturated rings. The van der Waals surface area contributed by atoms with E-state index in [2.05, 4.69) is 42.5 Å². The molecule has 0 aromatic carbocycles. The van der Waals surface area contributed by atoms with E-state index in [1.54, 1.807) is 0 Å². The quantitative estimate of drug-likeness (QED) is 0.639. The summed E-state index contributed by atoms with van der Waals surface area (Å²) < 4.78 is 0.